The maximum Gasteiger partial charge on any atom is 0.250 e. The van der Waals surface area contributed by atoms with Crippen LogP contribution in [0.4, 0.5) is 0 Å². The van der Waals surface area contributed by atoms with Gasteiger partial charge in [-0.25, -0.2) is 0 Å². The summed E-state index contributed by atoms with van der Waals surface area (Å²) >= 11 is 0. The normalized spacial score (nSPS) is 17.4. The molecule has 0 aliphatic heterocycles. The molecule has 16 heavy (non-hydrogen) atoms. The Morgan fingerprint density at radius 2 is 1.75 bits per heavy atom. The van der Waals surface area contributed by atoms with Gasteiger partial charge >= 0.3 is 0 Å². The lowest BCUT2D eigenvalue weighted by Gasteiger charge is -2.30. The highest BCUT2D eigenvalue weighted by molar-refractivity contribution is 6.73. The molecule has 0 unspecified atom stereocenters. The Kier molecular flexibility index (Phi) is 4.84. The molecule has 1 saturated carbocycles. The van der Waals surface area contributed by atoms with E-state index in [1.807, 2.05) is 0 Å². The van der Waals surface area contributed by atoms with Crippen LogP contribution in [0.5, 0.6) is 0 Å². The molecule has 0 spiro atoms. The van der Waals surface area contributed by atoms with Crippen LogP contribution in [-0.2, 0) is 4.43 Å². The first-order chi connectivity index (χ1) is 7.56. The highest BCUT2D eigenvalue weighted by Gasteiger charge is 2.31. The minimum atomic E-state index is -1.51. The van der Waals surface area contributed by atoms with Crippen LogP contribution >= 0.6 is 0 Å². The maximum atomic E-state index is 6.25. The molecule has 1 aliphatic rings. The van der Waals surface area contributed by atoms with Crippen molar-refractivity contribution in [3.05, 3.63) is 24.0 Å². The Hall–Kier alpha value is -0.503. The zero-order valence-electron chi connectivity index (χ0n) is 11.3. The molecular weight excluding hydrogens is 212 g/mol. The molecule has 0 aromatic carbocycles. The minimum absolute atomic E-state index is 0.807. The third-order valence-corrected chi connectivity index (χ3v) is 8.37. The summed E-state index contributed by atoms with van der Waals surface area (Å²) in [5.74, 6) is 1.74. The molecule has 92 valence electrons. The largest absolute Gasteiger partial charge is 0.544 e. The van der Waals surface area contributed by atoms with Gasteiger partial charge in [0.1, 0.15) is 0 Å². The molecule has 1 nitrogen and oxygen atoms in total. The Labute approximate surface area is 102 Å². The molecule has 0 radical (unpaired) electrons. The standard InChI is InChI=1S/C14H26OSi/c1-6-16(7-2,8-3)15-13(5)12(4)11-14-9-10-14/h11,14H,5-10H2,1-4H3/b12-11+. The van der Waals surface area contributed by atoms with Crippen LogP contribution in [0.1, 0.15) is 40.5 Å². The van der Waals surface area contributed by atoms with Crippen molar-refractivity contribution in [1.82, 2.24) is 0 Å². The second-order valence-electron chi connectivity index (χ2n) is 4.96. The lowest BCUT2D eigenvalue weighted by Crippen LogP contribution is -2.35. The number of rotatable bonds is 7. The van der Waals surface area contributed by atoms with E-state index >= 15 is 0 Å². The number of hydrogen-bond acceptors (Lipinski definition) is 1. The van der Waals surface area contributed by atoms with Crippen LogP contribution in [0.15, 0.2) is 24.0 Å². The molecule has 1 aliphatic carbocycles. The SMILES string of the molecule is C=C(O[Si](CC)(CC)CC)/C(C)=C/C1CC1. The van der Waals surface area contributed by atoms with E-state index in [4.69, 9.17) is 4.43 Å². The topological polar surface area (TPSA) is 9.23 Å². The predicted octanol–water partition coefficient (Wildman–Crippen LogP) is 4.88. The summed E-state index contributed by atoms with van der Waals surface area (Å²) in [6.45, 7) is 13.0. The second kappa shape index (κ2) is 5.71. The molecule has 0 aromatic rings. The van der Waals surface area contributed by atoms with Crippen molar-refractivity contribution >= 4 is 8.32 Å². The van der Waals surface area contributed by atoms with Gasteiger partial charge in [0, 0.05) is 0 Å². The van der Waals surface area contributed by atoms with E-state index in [1.165, 1.54) is 36.5 Å². The van der Waals surface area contributed by atoms with Gasteiger partial charge in [0.25, 0.3) is 0 Å². The summed E-state index contributed by atoms with van der Waals surface area (Å²) < 4.78 is 6.25. The van der Waals surface area contributed by atoms with Crippen LogP contribution in [0.3, 0.4) is 0 Å². The third-order valence-electron chi connectivity index (χ3n) is 3.82. The zero-order chi connectivity index (χ0) is 12.2. The van der Waals surface area contributed by atoms with E-state index in [0.29, 0.717) is 0 Å². The molecule has 0 N–H and O–H groups in total. The van der Waals surface area contributed by atoms with Gasteiger partial charge in [-0.2, -0.15) is 0 Å². The minimum Gasteiger partial charge on any atom is -0.544 e. The lowest BCUT2D eigenvalue weighted by molar-refractivity contribution is 0.417. The van der Waals surface area contributed by atoms with Gasteiger partial charge in [-0.1, -0.05) is 33.4 Å². The van der Waals surface area contributed by atoms with E-state index in [-0.39, 0.29) is 0 Å². The van der Waals surface area contributed by atoms with Gasteiger partial charge in [-0.3, -0.25) is 0 Å². The average Bonchev–Trinajstić information content (AvgIpc) is 3.09. The van der Waals surface area contributed by atoms with Crippen molar-refractivity contribution in [2.45, 2.75) is 58.7 Å². The van der Waals surface area contributed by atoms with E-state index in [9.17, 15) is 0 Å². The van der Waals surface area contributed by atoms with Gasteiger partial charge in [0.15, 0.2) is 0 Å². The first kappa shape index (κ1) is 13.6. The van der Waals surface area contributed by atoms with Crippen molar-refractivity contribution in [3.8, 4) is 0 Å². The Balaban J connectivity index is 2.60. The Bertz CT molecular complexity index is 264. The Morgan fingerprint density at radius 3 is 2.12 bits per heavy atom. The third kappa shape index (κ3) is 3.51. The summed E-state index contributed by atoms with van der Waals surface area (Å²) in [6, 6.07) is 3.57. The molecule has 0 atom stereocenters. The first-order valence-corrected chi connectivity index (χ1v) is 9.16. The molecule has 2 heteroatoms. The average molecular weight is 238 g/mol. The van der Waals surface area contributed by atoms with Crippen LogP contribution in [0.2, 0.25) is 18.1 Å². The fraction of sp³-hybridized carbons (Fsp3) is 0.714. The summed E-state index contributed by atoms with van der Waals surface area (Å²) in [7, 11) is -1.51. The summed E-state index contributed by atoms with van der Waals surface area (Å²) in [4.78, 5) is 0. The monoisotopic (exact) mass is 238 g/mol. The molecular formula is C14H26OSi. The fourth-order valence-corrected chi connectivity index (χ4v) is 4.63. The van der Waals surface area contributed by atoms with Crippen molar-refractivity contribution in [3.63, 3.8) is 0 Å². The first-order valence-electron chi connectivity index (χ1n) is 6.63. The molecule has 1 fully saturated rings. The molecule has 0 aromatic heterocycles. The highest BCUT2D eigenvalue weighted by atomic mass is 28.4. The molecule has 0 amide bonds. The molecule has 0 saturated heterocycles. The van der Waals surface area contributed by atoms with Crippen molar-refractivity contribution in [2.24, 2.45) is 5.92 Å². The molecule has 0 heterocycles. The van der Waals surface area contributed by atoms with Gasteiger partial charge in [-0.15, -0.1) is 0 Å². The van der Waals surface area contributed by atoms with Crippen molar-refractivity contribution < 1.29 is 4.43 Å². The number of hydrogen-bond donors (Lipinski definition) is 0. The lowest BCUT2D eigenvalue weighted by atomic mass is 10.2. The summed E-state index contributed by atoms with van der Waals surface area (Å²) in [5, 5.41) is 0. The highest BCUT2D eigenvalue weighted by Crippen LogP contribution is 2.33. The van der Waals surface area contributed by atoms with Gasteiger partial charge in [0.2, 0.25) is 8.32 Å². The van der Waals surface area contributed by atoms with E-state index in [0.717, 1.165) is 11.7 Å². The zero-order valence-corrected chi connectivity index (χ0v) is 12.3. The van der Waals surface area contributed by atoms with Gasteiger partial charge in [0.05, 0.1) is 5.76 Å². The van der Waals surface area contributed by atoms with Crippen molar-refractivity contribution in [2.75, 3.05) is 0 Å². The smallest absolute Gasteiger partial charge is 0.250 e. The quantitative estimate of drug-likeness (QED) is 0.349. The second-order valence-corrected chi connectivity index (χ2v) is 9.65. The van der Waals surface area contributed by atoms with Crippen LogP contribution < -0.4 is 0 Å². The number of allylic oxidation sites excluding steroid dienone is 2. The summed E-state index contributed by atoms with van der Waals surface area (Å²) in [5.41, 5.74) is 1.26. The van der Waals surface area contributed by atoms with Crippen LogP contribution in [0.25, 0.3) is 0 Å². The molecule has 0 bridgehead atoms. The van der Waals surface area contributed by atoms with Crippen molar-refractivity contribution in [1.29, 1.82) is 0 Å². The van der Waals surface area contributed by atoms with Gasteiger partial charge in [-0.05, 0) is 49.4 Å². The van der Waals surface area contributed by atoms with E-state index in [1.54, 1.807) is 0 Å². The van der Waals surface area contributed by atoms with Gasteiger partial charge < -0.3 is 4.43 Å². The predicted molar refractivity (Wildman–Crippen MR) is 73.9 cm³/mol. The fourth-order valence-electron chi connectivity index (χ4n) is 2.02. The summed E-state index contributed by atoms with van der Waals surface area (Å²) in [6.07, 6.45) is 5.04. The Morgan fingerprint density at radius 1 is 1.25 bits per heavy atom. The maximum absolute atomic E-state index is 6.25. The van der Waals surface area contributed by atoms with E-state index in [2.05, 4.69) is 40.3 Å². The molecule has 1 rings (SSSR count). The van der Waals surface area contributed by atoms with Crippen LogP contribution in [0, 0.1) is 5.92 Å². The van der Waals surface area contributed by atoms with E-state index < -0.39 is 8.32 Å². The van der Waals surface area contributed by atoms with Crippen LogP contribution in [-0.4, -0.2) is 8.32 Å².